The topological polar surface area (TPSA) is 113 Å². The third-order valence-electron chi connectivity index (χ3n) is 3.28. The highest BCUT2D eigenvalue weighted by atomic mass is 32.2. The molecule has 0 spiro atoms. The lowest BCUT2D eigenvalue weighted by molar-refractivity contribution is -0.104. The Hall–Kier alpha value is -2.23. The predicted molar refractivity (Wildman–Crippen MR) is 111 cm³/mol. The maximum Gasteiger partial charge on any atom is 0.326 e. The Balaban J connectivity index is 2.70. The van der Waals surface area contributed by atoms with E-state index in [0.29, 0.717) is 11.2 Å². The van der Waals surface area contributed by atoms with Gasteiger partial charge in [0.1, 0.15) is 41.3 Å². The third-order valence-corrected chi connectivity index (χ3v) is 5.25. The summed E-state index contributed by atoms with van der Waals surface area (Å²) < 4.78 is 57.6. The van der Waals surface area contributed by atoms with E-state index in [9.17, 15) is 22.3 Å². The molecule has 0 saturated carbocycles. The summed E-state index contributed by atoms with van der Waals surface area (Å²) in [5.74, 6) is -1.26. The summed E-state index contributed by atoms with van der Waals surface area (Å²) >= 11 is 0. The van der Waals surface area contributed by atoms with Gasteiger partial charge >= 0.3 is 7.60 Å². The number of ether oxygens (including phenoxy) is 1. The minimum Gasteiger partial charge on any atom is -0.487 e. The zero-order chi connectivity index (χ0) is 22.7. The van der Waals surface area contributed by atoms with Crippen LogP contribution in [0.5, 0.6) is 5.75 Å². The van der Waals surface area contributed by atoms with Crippen molar-refractivity contribution in [3.8, 4) is 5.75 Å². The molecule has 30 heavy (non-hydrogen) atoms. The standard InChI is InChI=1S/C19H22F2NO6PS/c1-14(12-23)9-16(10-15(2)20)11-17(21)13-28-18-3-5-19(6-4-18)30(27)22-7-8-29(24,25)26/h3-6,9-12,22H,2,7-8,13H2,1H3,(H2,24,25,26)/b14-9+,16-10-,17-11+. The quantitative estimate of drug-likeness (QED) is 0.191. The first kappa shape index (κ1) is 25.8. The average Bonchev–Trinajstić information content (AvgIpc) is 2.65. The van der Waals surface area contributed by atoms with Gasteiger partial charge in [-0.1, -0.05) is 6.58 Å². The summed E-state index contributed by atoms with van der Waals surface area (Å²) in [5.41, 5.74) is 0.366. The zero-order valence-corrected chi connectivity index (χ0v) is 17.8. The van der Waals surface area contributed by atoms with Gasteiger partial charge in [0.2, 0.25) is 0 Å². The van der Waals surface area contributed by atoms with Crippen LogP contribution in [0.2, 0.25) is 0 Å². The van der Waals surface area contributed by atoms with Crippen molar-refractivity contribution in [2.24, 2.45) is 0 Å². The number of halogens is 2. The number of benzene rings is 1. The summed E-state index contributed by atoms with van der Waals surface area (Å²) in [5, 5.41) is 0. The van der Waals surface area contributed by atoms with Crippen molar-refractivity contribution in [3.63, 3.8) is 0 Å². The molecule has 0 bridgehead atoms. The Morgan fingerprint density at radius 1 is 1.23 bits per heavy atom. The first-order chi connectivity index (χ1) is 14.0. The fourth-order valence-electron chi connectivity index (χ4n) is 2.00. The molecule has 0 aliphatic rings. The van der Waals surface area contributed by atoms with Gasteiger partial charge in [0.05, 0.1) is 11.1 Å². The fraction of sp³-hybridized carbons (Fsp3) is 0.211. The van der Waals surface area contributed by atoms with Gasteiger partial charge in [0.15, 0.2) is 0 Å². The Labute approximate surface area is 175 Å². The molecule has 1 aromatic rings. The van der Waals surface area contributed by atoms with E-state index in [1.54, 1.807) is 0 Å². The van der Waals surface area contributed by atoms with Crippen LogP contribution in [0.1, 0.15) is 6.92 Å². The molecule has 1 rings (SSSR count). The molecular weight excluding hydrogens is 439 g/mol. The molecule has 3 N–H and O–H groups in total. The number of rotatable bonds is 12. The number of carbonyl (C=O) groups is 1. The number of nitrogens with one attached hydrogen (secondary N) is 1. The molecule has 0 amide bonds. The molecule has 1 aromatic carbocycles. The molecule has 1 unspecified atom stereocenters. The zero-order valence-electron chi connectivity index (χ0n) is 16.1. The van der Waals surface area contributed by atoms with Gasteiger partial charge in [-0.2, -0.15) is 0 Å². The molecule has 0 aliphatic heterocycles. The summed E-state index contributed by atoms with van der Waals surface area (Å²) in [4.78, 5) is 28.6. The van der Waals surface area contributed by atoms with Gasteiger partial charge in [-0.05, 0) is 60.6 Å². The first-order valence-corrected chi connectivity index (χ1v) is 11.4. The summed E-state index contributed by atoms with van der Waals surface area (Å²) in [6.07, 6.45) is 3.37. The van der Waals surface area contributed by atoms with Gasteiger partial charge in [-0.15, -0.1) is 0 Å². The summed E-state index contributed by atoms with van der Waals surface area (Å²) in [6.45, 7) is 3.95. The third kappa shape index (κ3) is 11.1. The Morgan fingerprint density at radius 3 is 2.40 bits per heavy atom. The molecule has 11 heteroatoms. The fourth-order valence-corrected chi connectivity index (χ4v) is 3.40. The van der Waals surface area contributed by atoms with Crippen molar-refractivity contribution in [2.75, 3.05) is 19.3 Å². The number of carbonyl (C=O) groups excluding carboxylic acids is 1. The summed E-state index contributed by atoms with van der Waals surface area (Å²) in [6, 6.07) is 5.79. The lowest BCUT2D eigenvalue weighted by atomic mass is 10.1. The monoisotopic (exact) mass is 461 g/mol. The number of hydrogen-bond donors (Lipinski definition) is 3. The van der Waals surface area contributed by atoms with Crippen molar-refractivity contribution in [1.82, 2.24) is 4.72 Å². The van der Waals surface area contributed by atoms with E-state index in [-0.39, 0.29) is 23.4 Å². The molecule has 7 nitrogen and oxygen atoms in total. The minimum atomic E-state index is -4.18. The largest absolute Gasteiger partial charge is 0.487 e. The van der Waals surface area contributed by atoms with E-state index in [1.165, 1.54) is 37.3 Å². The van der Waals surface area contributed by atoms with Crippen molar-refractivity contribution in [2.45, 2.75) is 11.8 Å². The Kier molecular flexibility index (Phi) is 10.7. The first-order valence-electron chi connectivity index (χ1n) is 8.48. The second kappa shape index (κ2) is 12.5. The number of aldehydes is 1. The molecule has 0 saturated heterocycles. The second-order valence-corrected chi connectivity index (χ2v) is 9.07. The SMILES string of the molecule is C=C(F)/C=C(/C=C(\C)C=O)\C=C(\F)COc1ccc(S(=O)NCCP(=O)(O)O)cc1. The minimum absolute atomic E-state index is 0.0975. The van der Waals surface area contributed by atoms with Gasteiger partial charge in [-0.3, -0.25) is 9.36 Å². The van der Waals surface area contributed by atoms with Crippen LogP contribution in [0.25, 0.3) is 0 Å². The molecule has 1 atom stereocenters. The van der Waals surface area contributed by atoms with Gasteiger partial charge < -0.3 is 14.5 Å². The van der Waals surface area contributed by atoms with E-state index in [4.69, 9.17) is 14.5 Å². The number of hydrogen-bond acceptors (Lipinski definition) is 4. The highest BCUT2D eigenvalue weighted by Crippen LogP contribution is 2.32. The van der Waals surface area contributed by atoms with Crippen LogP contribution in [-0.2, 0) is 20.3 Å². The maximum atomic E-state index is 14.1. The molecule has 0 aromatic heterocycles. The normalized spacial score (nSPS) is 14.4. The van der Waals surface area contributed by atoms with E-state index in [2.05, 4.69) is 11.3 Å². The smallest absolute Gasteiger partial charge is 0.326 e. The van der Waals surface area contributed by atoms with Crippen LogP contribution in [-0.4, -0.2) is 39.6 Å². The van der Waals surface area contributed by atoms with E-state index < -0.39 is 43.0 Å². The Bertz CT molecular complexity index is 921. The summed E-state index contributed by atoms with van der Waals surface area (Å²) in [7, 11) is -5.86. The highest BCUT2D eigenvalue weighted by Gasteiger charge is 2.13. The van der Waals surface area contributed by atoms with Crippen LogP contribution < -0.4 is 9.46 Å². The van der Waals surface area contributed by atoms with Crippen LogP contribution in [0.4, 0.5) is 8.78 Å². The van der Waals surface area contributed by atoms with Crippen LogP contribution in [0.15, 0.2) is 76.8 Å². The molecule has 164 valence electrons. The number of allylic oxidation sites excluding steroid dienone is 6. The highest BCUT2D eigenvalue weighted by molar-refractivity contribution is 7.83. The second-order valence-electron chi connectivity index (χ2n) is 6.00. The van der Waals surface area contributed by atoms with Crippen LogP contribution >= 0.6 is 7.60 Å². The van der Waals surface area contributed by atoms with Gasteiger partial charge in [-0.25, -0.2) is 17.7 Å². The molecule has 0 heterocycles. The Morgan fingerprint density at radius 2 is 1.87 bits per heavy atom. The lowest BCUT2D eigenvalue weighted by Crippen LogP contribution is -2.21. The van der Waals surface area contributed by atoms with Crippen molar-refractivity contribution in [3.05, 3.63) is 71.9 Å². The van der Waals surface area contributed by atoms with Gasteiger partial charge in [0, 0.05) is 6.54 Å². The molecule has 0 radical (unpaired) electrons. The predicted octanol–water partition coefficient (Wildman–Crippen LogP) is 3.26. The van der Waals surface area contributed by atoms with E-state index >= 15 is 0 Å². The van der Waals surface area contributed by atoms with Gasteiger partial charge in [0.25, 0.3) is 0 Å². The average molecular weight is 461 g/mol. The van der Waals surface area contributed by atoms with E-state index in [1.807, 2.05) is 0 Å². The lowest BCUT2D eigenvalue weighted by Gasteiger charge is -2.08. The van der Waals surface area contributed by atoms with Crippen molar-refractivity contribution >= 4 is 24.9 Å². The van der Waals surface area contributed by atoms with Crippen molar-refractivity contribution in [1.29, 1.82) is 0 Å². The molecule has 0 fully saturated rings. The van der Waals surface area contributed by atoms with Crippen LogP contribution in [0.3, 0.4) is 0 Å². The van der Waals surface area contributed by atoms with Crippen molar-refractivity contribution < 1.29 is 36.9 Å². The molecular formula is C19H22F2NO6PS. The maximum absolute atomic E-state index is 14.1. The van der Waals surface area contributed by atoms with E-state index in [0.717, 1.165) is 12.2 Å². The van der Waals surface area contributed by atoms with Crippen LogP contribution in [0, 0.1) is 0 Å². The molecule has 0 aliphatic carbocycles.